The summed E-state index contributed by atoms with van der Waals surface area (Å²) in [6.45, 7) is 4.53. The number of hydrogen-bond acceptors (Lipinski definition) is 9. The summed E-state index contributed by atoms with van der Waals surface area (Å²) in [6.07, 6.45) is -5.25. The van der Waals surface area contributed by atoms with E-state index in [1.807, 2.05) is 0 Å². The van der Waals surface area contributed by atoms with Gasteiger partial charge in [0.15, 0.2) is 6.23 Å². The van der Waals surface area contributed by atoms with E-state index in [2.05, 4.69) is 4.98 Å². The molecule has 1 fully saturated rings. The van der Waals surface area contributed by atoms with Crippen molar-refractivity contribution in [2.45, 2.75) is 50.8 Å². The Labute approximate surface area is 132 Å². The van der Waals surface area contributed by atoms with Crippen LogP contribution in [0, 0.1) is 0 Å². The quantitative estimate of drug-likeness (QED) is 0.413. The molecule has 23 heavy (non-hydrogen) atoms. The Bertz CT molecular complexity index is 628. The average molecular weight is 330 g/mol. The third-order valence-electron chi connectivity index (χ3n) is 3.58. The van der Waals surface area contributed by atoms with Crippen LogP contribution in [0.15, 0.2) is 10.9 Å². The highest BCUT2D eigenvalue weighted by Crippen LogP contribution is 2.32. The maximum atomic E-state index is 12.2. The molecule has 10 heteroatoms. The number of nitrogens with zero attached hydrogens (tertiary/aromatic N) is 3. The third kappa shape index (κ3) is 3.16. The molecular weight excluding hydrogens is 308 g/mol. The van der Waals surface area contributed by atoms with Crippen LogP contribution in [0.25, 0.3) is 0 Å². The number of aliphatic hydroxyl groups is 3. The molecule has 0 radical (unpaired) electrons. The molecule has 0 saturated carbocycles. The van der Waals surface area contributed by atoms with Gasteiger partial charge < -0.3 is 25.8 Å². The molecule has 0 amide bonds. The fourth-order valence-electron chi connectivity index (χ4n) is 2.34. The van der Waals surface area contributed by atoms with Gasteiger partial charge in [0.05, 0.1) is 12.1 Å². The van der Waals surface area contributed by atoms with Crippen LogP contribution < -0.4 is 16.5 Å². The van der Waals surface area contributed by atoms with Gasteiger partial charge in [-0.3, -0.25) is 5.21 Å². The van der Waals surface area contributed by atoms with Crippen molar-refractivity contribution in [3.05, 3.63) is 16.6 Å². The van der Waals surface area contributed by atoms with Crippen molar-refractivity contribution in [3.63, 3.8) is 0 Å². The second-order valence-electron chi connectivity index (χ2n) is 6.40. The Morgan fingerprint density at radius 3 is 2.48 bits per heavy atom. The molecule has 4 atom stereocenters. The summed E-state index contributed by atoms with van der Waals surface area (Å²) in [4.78, 5) is 15.8. The lowest BCUT2D eigenvalue weighted by Crippen LogP contribution is -2.45. The van der Waals surface area contributed by atoms with Gasteiger partial charge in [0.1, 0.15) is 29.9 Å². The number of aliphatic hydroxyl groups excluding tert-OH is 3. The minimum absolute atomic E-state index is 0.0511. The van der Waals surface area contributed by atoms with Crippen LogP contribution >= 0.6 is 0 Å². The Morgan fingerprint density at radius 2 is 2.00 bits per heavy atom. The standard InChI is InChI=1S/C13H22N4O6/c1-13(2,3)17(22)8-4-7(14)15-12(21)16(8)11-10(20)9(19)6(5-18)23-11/h4,6,9-11,18-20,22H,5H2,1-3H3,(H2,14,15,21)/t6-,9-,10-,11-/m1/s1. The second-order valence-corrected chi connectivity index (χ2v) is 6.40. The van der Waals surface area contributed by atoms with Crippen LogP contribution in [-0.4, -0.2) is 60.5 Å². The molecule has 0 aromatic carbocycles. The summed E-state index contributed by atoms with van der Waals surface area (Å²) in [5.41, 5.74) is 3.91. The zero-order valence-electron chi connectivity index (χ0n) is 13.1. The second kappa shape index (κ2) is 6.06. The molecule has 10 nitrogen and oxygen atoms in total. The Hall–Kier alpha value is -1.72. The van der Waals surface area contributed by atoms with Gasteiger partial charge in [-0.05, 0) is 20.8 Å². The lowest BCUT2D eigenvalue weighted by Gasteiger charge is -2.34. The van der Waals surface area contributed by atoms with Crippen LogP contribution in [0.2, 0.25) is 0 Å². The molecule has 0 bridgehead atoms. The highest BCUT2D eigenvalue weighted by Gasteiger charge is 2.45. The molecule has 6 N–H and O–H groups in total. The zero-order chi connectivity index (χ0) is 17.5. The predicted octanol–water partition coefficient (Wildman–Crippen LogP) is -1.57. The third-order valence-corrected chi connectivity index (χ3v) is 3.58. The summed E-state index contributed by atoms with van der Waals surface area (Å²) in [5.74, 6) is -0.166. The zero-order valence-corrected chi connectivity index (χ0v) is 13.1. The lowest BCUT2D eigenvalue weighted by atomic mass is 10.1. The highest BCUT2D eigenvalue weighted by molar-refractivity contribution is 5.47. The molecule has 0 unspecified atom stereocenters. The minimum atomic E-state index is -1.48. The fourth-order valence-corrected chi connectivity index (χ4v) is 2.34. The van der Waals surface area contributed by atoms with Gasteiger partial charge in [0.25, 0.3) is 0 Å². The number of hydrogen-bond donors (Lipinski definition) is 5. The molecular formula is C13H22N4O6. The number of rotatable bonds is 3. The molecule has 0 spiro atoms. The van der Waals surface area contributed by atoms with E-state index in [9.17, 15) is 20.2 Å². The largest absolute Gasteiger partial charge is 0.394 e. The first-order valence-corrected chi connectivity index (χ1v) is 7.08. The van der Waals surface area contributed by atoms with E-state index in [4.69, 9.17) is 15.6 Å². The lowest BCUT2D eigenvalue weighted by molar-refractivity contribution is -0.0555. The van der Waals surface area contributed by atoms with E-state index in [1.165, 1.54) is 6.07 Å². The molecule has 1 aromatic rings. The van der Waals surface area contributed by atoms with Crippen LogP contribution in [-0.2, 0) is 4.74 Å². The summed E-state index contributed by atoms with van der Waals surface area (Å²) >= 11 is 0. The monoisotopic (exact) mass is 330 g/mol. The van der Waals surface area contributed by atoms with Crippen molar-refractivity contribution < 1.29 is 25.3 Å². The van der Waals surface area contributed by atoms with E-state index in [-0.39, 0.29) is 11.6 Å². The molecule has 1 aromatic heterocycles. The summed E-state index contributed by atoms with van der Waals surface area (Å²) in [6, 6.07) is 1.25. The number of aromatic nitrogens is 2. The van der Waals surface area contributed by atoms with Gasteiger partial charge in [-0.2, -0.15) is 4.98 Å². The molecule has 2 heterocycles. The normalized spacial score (nSPS) is 28.1. The SMILES string of the molecule is CC(C)(C)N(O)c1cc(N)nc(=O)n1[C@@H]1O[C@H](CO)[C@@H](O)[C@H]1O. The van der Waals surface area contributed by atoms with Crippen molar-refractivity contribution in [2.75, 3.05) is 17.4 Å². The Balaban J connectivity index is 2.57. The number of anilines is 2. The minimum Gasteiger partial charge on any atom is -0.394 e. The number of nitrogen functional groups attached to an aromatic ring is 1. The van der Waals surface area contributed by atoms with E-state index in [0.717, 1.165) is 9.63 Å². The van der Waals surface area contributed by atoms with Crippen LogP contribution in [0.3, 0.4) is 0 Å². The first-order chi connectivity index (χ1) is 10.6. The first kappa shape index (κ1) is 17.6. The number of hydroxylamine groups is 1. The maximum Gasteiger partial charge on any atom is 0.353 e. The highest BCUT2D eigenvalue weighted by atomic mass is 16.6. The topological polar surface area (TPSA) is 154 Å². The summed E-state index contributed by atoms with van der Waals surface area (Å²) < 4.78 is 6.23. The predicted molar refractivity (Wildman–Crippen MR) is 79.9 cm³/mol. The molecule has 130 valence electrons. The van der Waals surface area contributed by atoms with Crippen LogP contribution in [0.4, 0.5) is 11.6 Å². The van der Waals surface area contributed by atoms with Gasteiger partial charge in [0, 0.05) is 6.07 Å². The molecule has 1 aliphatic rings. The first-order valence-electron chi connectivity index (χ1n) is 7.08. The fraction of sp³-hybridized carbons (Fsp3) is 0.692. The number of ether oxygens (including phenoxy) is 1. The van der Waals surface area contributed by atoms with E-state index in [1.54, 1.807) is 20.8 Å². The van der Waals surface area contributed by atoms with Gasteiger partial charge in [0.2, 0.25) is 0 Å². The Kier molecular flexibility index (Phi) is 4.64. The smallest absolute Gasteiger partial charge is 0.353 e. The van der Waals surface area contributed by atoms with E-state index < -0.39 is 42.4 Å². The summed E-state index contributed by atoms with van der Waals surface area (Å²) in [7, 11) is 0. The Morgan fingerprint density at radius 1 is 1.39 bits per heavy atom. The van der Waals surface area contributed by atoms with Crippen molar-refractivity contribution >= 4 is 11.6 Å². The number of nitrogens with two attached hydrogens (primary N) is 1. The van der Waals surface area contributed by atoms with Crippen molar-refractivity contribution in [2.24, 2.45) is 0 Å². The van der Waals surface area contributed by atoms with E-state index >= 15 is 0 Å². The molecule has 1 saturated heterocycles. The average Bonchev–Trinajstić information content (AvgIpc) is 2.72. The van der Waals surface area contributed by atoms with Crippen molar-refractivity contribution in [1.82, 2.24) is 9.55 Å². The van der Waals surface area contributed by atoms with Gasteiger partial charge in [-0.15, -0.1) is 0 Å². The van der Waals surface area contributed by atoms with Crippen LogP contribution in [0.5, 0.6) is 0 Å². The van der Waals surface area contributed by atoms with Gasteiger partial charge in [-0.1, -0.05) is 0 Å². The van der Waals surface area contributed by atoms with Gasteiger partial charge >= 0.3 is 5.69 Å². The molecule has 1 aliphatic heterocycles. The van der Waals surface area contributed by atoms with Crippen LogP contribution in [0.1, 0.15) is 27.0 Å². The van der Waals surface area contributed by atoms with Gasteiger partial charge in [-0.25, -0.2) is 14.4 Å². The van der Waals surface area contributed by atoms with Crippen molar-refractivity contribution in [3.8, 4) is 0 Å². The molecule has 2 rings (SSSR count). The summed E-state index contributed by atoms with van der Waals surface area (Å²) in [5, 5.41) is 40.3. The van der Waals surface area contributed by atoms with Crippen molar-refractivity contribution in [1.29, 1.82) is 0 Å². The molecule has 0 aliphatic carbocycles. The maximum absolute atomic E-state index is 12.2. The van der Waals surface area contributed by atoms with E-state index in [0.29, 0.717) is 0 Å².